The zero-order valence-electron chi connectivity index (χ0n) is 20.9. The third-order valence-corrected chi connectivity index (χ3v) is 7.41. The van der Waals surface area contributed by atoms with Crippen molar-refractivity contribution >= 4 is 28.5 Å². The van der Waals surface area contributed by atoms with Crippen molar-refractivity contribution < 1.29 is 23.5 Å². The van der Waals surface area contributed by atoms with Gasteiger partial charge in [0.1, 0.15) is 11.6 Å². The average molecular weight is 507 g/mol. The fraction of sp³-hybridized carbons (Fsp3) is 0.393. The number of rotatable bonds is 6. The number of carbonyl (C=O) groups excluding carboxylic acids is 3. The highest BCUT2D eigenvalue weighted by atomic mass is 19.1. The Kier molecular flexibility index (Phi) is 7.23. The molecule has 2 saturated heterocycles. The highest BCUT2D eigenvalue weighted by molar-refractivity contribution is 6.45. The van der Waals surface area contributed by atoms with E-state index in [1.165, 1.54) is 25.4 Å². The van der Waals surface area contributed by atoms with Crippen LogP contribution >= 0.6 is 0 Å². The second-order valence-corrected chi connectivity index (χ2v) is 9.74. The van der Waals surface area contributed by atoms with Crippen LogP contribution in [0.2, 0.25) is 0 Å². The van der Waals surface area contributed by atoms with E-state index in [0.717, 1.165) is 24.8 Å². The van der Waals surface area contributed by atoms with Gasteiger partial charge in [-0.1, -0.05) is 12.1 Å². The number of piperidine rings is 1. The second-order valence-electron chi connectivity index (χ2n) is 9.74. The summed E-state index contributed by atoms with van der Waals surface area (Å²) in [6, 6.07) is 9.96. The first-order valence-electron chi connectivity index (χ1n) is 12.7. The van der Waals surface area contributed by atoms with Crippen LogP contribution in [0, 0.1) is 11.7 Å². The van der Waals surface area contributed by atoms with E-state index in [4.69, 9.17) is 4.74 Å². The molecular formula is C28H31FN4O4. The van der Waals surface area contributed by atoms with Gasteiger partial charge in [-0.15, -0.1) is 0 Å². The van der Waals surface area contributed by atoms with Gasteiger partial charge in [0, 0.05) is 62.4 Å². The van der Waals surface area contributed by atoms with Crippen LogP contribution in [0.1, 0.15) is 39.1 Å². The Hall–Kier alpha value is -3.72. The zero-order valence-corrected chi connectivity index (χ0v) is 20.9. The van der Waals surface area contributed by atoms with Crippen LogP contribution in [-0.2, 0) is 11.2 Å². The SMILES string of the molecule is COc1cc2[nH]cc(C(=O)C(=O)N3CCNCC3)c2cc1C(=O)N1CCC(Cc2ccc(F)cc2)CC1. The van der Waals surface area contributed by atoms with Crippen LogP contribution in [0.25, 0.3) is 10.9 Å². The van der Waals surface area contributed by atoms with Gasteiger partial charge in [0.05, 0.1) is 18.2 Å². The number of ether oxygens (including phenoxy) is 1. The Labute approximate surface area is 214 Å². The lowest BCUT2D eigenvalue weighted by Gasteiger charge is -2.32. The molecule has 0 spiro atoms. The molecule has 2 aliphatic heterocycles. The fourth-order valence-corrected chi connectivity index (χ4v) is 5.26. The summed E-state index contributed by atoms with van der Waals surface area (Å²) in [5, 5.41) is 3.70. The fourth-order valence-electron chi connectivity index (χ4n) is 5.26. The summed E-state index contributed by atoms with van der Waals surface area (Å²) >= 11 is 0. The standard InChI is InChI=1S/C28H31FN4O4/c1-37-25-16-24-21(23(17-31-24)26(34)28(36)33-12-8-30-9-13-33)15-22(25)27(35)32-10-6-19(7-11-32)14-18-2-4-20(29)5-3-18/h2-5,15-17,19,30-31H,6-14H2,1H3. The number of hydrogen-bond acceptors (Lipinski definition) is 5. The number of H-pyrrole nitrogens is 1. The van der Waals surface area contributed by atoms with E-state index in [0.29, 0.717) is 67.4 Å². The number of ketones is 1. The van der Waals surface area contributed by atoms with Crippen molar-refractivity contribution in [2.75, 3.05) is 46.4 Å². The van der Waals surface area contributed by atoms with Gasteiger partial charge >= 0.3 is 0 Å². The number of piperazine rings is 1. The molecule has 0 saturated carbocycles. The van der Waals surface area contributed by atoms with Gasteiger partial charge in [-0.2, -0.15) is 0 Å². The van der Waals surface area contributed by atoms with Crippen LogP contribution in [-0.4, -0.2) is 78.8 Å². The first kappa shape index (κ1) is 25.0. The minimum absolute atomic E-state index is 0.160. The summed E-state index contributed by atoms with van der Waals surface area (Å²) in [4.78, 5) is 45.9. The van der Waals surface area contributed by atoms with Crippen molar-refractivity contribution in [2.45, 2.75) is 19.3 Å². The smallest absolute Gasteiger partial charge is 0.295 e. The zero-order chi connectivity index (χ0) is 25.9. The third-order valence-electron chi connectivity index (χ3n) is 7.41. The third kappa shape index (κ3) is 5.22. The van der Waals surface area contributed by atoms with E-state index in [9.17, 15) is 18.8 Å². The minimum Gasteiger partial charge on any atom is -0.496 e. The number of nitrogens with zero attached hydrogens (tertiary/aromatic N) is 2. The molecule has 1 aromatic heterocycles. The lowest BCUT2D eigenvalue weighted by molar-refractivity contribution is -0.126. The van der Waals surface area contributed by atoms with Gasteiger partial charge in [0.15, 0.2) is 0 Å². The van der Waals surface area contributed by atoms with Crippen molar-refractivity contribution in [1.29, 1.82) is 0 Å². The maximum Gasteiger partial charge on any atom is 0.295 e. The number of aromatic amines is 1. The molecule has 0 radical (unpaired) electrons. The highest BCUT2D eigenvalue weighted by Crippen LogP contribution is 2.31. The van der Waals surface area contributed by atoms with E-state index < -0.39 is 11.7 Å². The van der Waals surface area contributed by atoms with Gasteiger partial charge in [-0.25, -0.2) is 4.39 Å². The number of halogens is 1. The number of likely N-dealkylation sites (tertiary alicyclic amines) is 1. The quantitative estimate of drug-likeness (QED) is 0.396. The summed E-state index contributed by atoms with van der Waals surface area (Å²) < 4.78 is 18.7. The molecule has 2 amide bonds. The van der Waals surface area contributed by atoms with Gasteiger partial charge in [-0.3, -0.25) is 14.4 Å². The van der Waals surface area contributed by atoms with Crippen molar-refractivity contribution in [3.63, 3.8) is 0 Å². The Morgan fingerprint density at radius 2 is 1.68 bits per heavy atom. The number of Topliss-reactive ketones (excluding diaryl/α,β-unsaturated/α-hetero) is 1. The predicted molar refractivity (Wildman–Crippen MR) is 137 cm³/mol. The number of fused-ring (bicyclic) bond motifs is 1. The molecule has 0 bridgehead atoms. The monoisotopic (exact) mass is 506 g/mol. The molecule has 5 rings (SSSR count). The maximum atomic E-state index is 13.5. The van der Waals surface area contributed by atoms with E-state index in [1.54, 1.807) is 17.0 Å². The summed E-state index contributed by atoms with van der Waals surface area (Å²) in [6.45, 7) is 3.49. The Bertz CT molecular complexity index is 1310. The van der Waals surface area contributed by atoms with Crippen molar-refractivity contribution in [1.82, 2.24) is 20.1 Å². The van der Waals surface area contributed by atoms with Crippen LogP contribution in [0.5, 0.6) is 5.75 Å². The summed E-state index contributed by atoms with van der Waals surface area (Å²) in [7, 11) is 1.51. The molecule has 2 aromatic carbocycles. The summed E-state index contributed by atoms with van der Waals surface area (Å²) in [6.07, 6.45) is 4.08. The molecule has 194 valence electrons. The number of carbonyl (C=O) groups is 3. The summed E-state index contributed by atoms with van der Waals surface area (Å²) in [5.74, 6) is -0.681. The molecule has 2 aliphatic rings. The molecule has 9 heteroatoms. The Balaban J connectivity index is 1.32. The Morgan fingerprint density at radius 1 is 0.973 bits per heavy atom. The van der Waals surface area contributed by atoms with E-state index in [-0.39, 0.29) is 17.3 Å². The number of nitrogens with one attached hydrogen (secondary N) is 2. The van der Waals surface area contributed by atoms with Gasteiger partial charge in [-0.05, 0) is 48.9 Å². The Morgan fingerprint density at radius 3 is 2.35 bits per heavy atom. The first-order valence-corrected chi connectivity index (χ1v) is 12.7. The second kappa shape index (κ2) is 10.7. The van der Waals surface area contributed by atoms with Crippen LogP contribution in [0.4, 0.5) is 4.39 Å². The van der Waals surface area contributed by atoms with E-state index in [1.807, 2.05) is 17.0 Å². The number of hydrogen-bond donors (Lipinski definition) is 2. The van der Waals surface area contributed by atoms with Gasteiger partial charge in [0.2, 0.25) is 0 Å². The molecule has 0 atom stereocenters. The number of amides is 2. The van der Waals surface area contributed by atoms with Crippen LogP contribution < -0.4 is 10.1 Å². The molecule has 3 heterocycles. The molecule has 8 nitrogen and oxygen atoms in total. The largest absolute Gasteiger partial charge is 0.496 e. The van der Waals surface area contributed by atoms with E-state index >= 15 is 0 Å². The van der Waals surface area contributed by atoms with Crippen LogP contribution in [0.15, 0.2) is 42.6 Å². The topological polar surface area (TPSA) is 94.7 Å². The van der Waals surface area contributed by atoms with Gasteiger partial charge < -0.3 is 24.8 Å². The van der Waals surface area contributed by atoms with Gasteiger partial charge in [0.25, 0.3) is 17.6 Å². The lowest BCUT2D eigenvalue weighted by atomic mass is 9.90. The molecule has 0 aliphatic carbocycles. The first-order chi connectivity index (χ1) is 17.9. The molecule has 3 aromatic rings. The minimum atomic E-state index is -0.585. The average Bonchev–Trinajstić information content (AvgIpc) is 3.36. The van der Waals surface area contributed by atoms with E-state index in [2.05, 4.69) is 10.3 Å². The summed E-state index contributed by atoms with van der Waals surface area (Å²) in [5.41, 5.74) is 2.35. The predicted octanol–water partition coefficient (Wildman–Crippen LogP) is 3.03. The van der Waals surface area contributed by atoms with Crippen molar-refractivity contribution in [3.05, 3.63) is 65.1 Å². The maximum absolute atomic E-state index is 13.5. The van der Waals surface area contributed by atoms with Crippen LogP contribution in [0.3, 0.4) is 0 Å². The number of methoxy groups -OCH3 is 1. The molecule has 0 unspecified atom stereocenters. The normalized spacial score (nSPS) is 16.7. The molecule has 2 N–H and O–H groups in total. The molecule has 37 heavy (non-hydrogen) atoms. The van der Waals surface area contributed by atoms with Crippen molar-refractivity contribution in [2.24, 2.45) is 5.92 Å². The molecular weight excluding hydrogens is 475 g/mol. The lowest BCUT2D eigenvalue weighted by Crippen LogP contribution is -2.48. The molecule has 2 fully saturated rings. The number of aromatic nitrogens is 1. The highest BCUT2D eigenvalue weighted by Gasteiger charge is 2.29. The number of benzene rings is 2. The van der Waals surface area contributed by atoms with Crippen molar-refractivity contribution in [3.8, 4) is 5.75 Å².